The SMILES string of the molecule is CC(=O)Oc1ccc(N2C(=O)CC(N(C(C)(C)C)S(=O)(=O)c3ccc(Br)cc3)C2=O)cc1. The zero-order valence-corrected chi connectivity index (χ0v) is 20.4. The van der Waals surface area contributed by atoms with E-state index in [0.29, 0.717) is 4.47 Å². The Kier molecular flexibility index (Phi) is 6.60. The first-order valence-electron chi connectivity index (χ1n) is 9.78. The molecule has 2 aromatic carbocycles. The molecule has 0 N–H and O–H groups in total. The molecule has 1 atom stereocenters. The molecule has 2 amide bonds. The minimum Gasteiger partial charge on any atom is -0.427 e. The first-order valence-corrected chi connectivity index (χ1v) is 12.0. The molecule has 10 heteroatoms. The summed E-state index contributed by atoms with van der Waals surface area (Å²) in [6.07, 6.45) is -0.280. The van der Waals surface area contributed by atoms with E-state index in [1.807, 2.05) is 0 Å². The third-order valence-corrected chi connectivity index (χ3v) is 7.51. The van der Waals surface area contributed by atoms with Crippen LogP contribution in [0.25, 0.3) is 0 Å². The molecular formula is C22H23BrN2O6S. The summed E-state index contributed by atoms with van der Waals surface area (Å²) in [6.45, 7) is 6.30. The number of rotatable bonds is 5. The number of hydrogen-bond donors (Lipinski definition) is 0. The third-order valence-electron chi connectivity index (χ3n) is 4.79. The van der Waals surface area contributed by atoms with E-state index >= 15 is 0 Å². The Balaban J connectivity index is 1.98. The molecule has 0 saturated carbocycles. The van der Waals surface area contributed by atoms with Gasteiger partial charge in [-0.3, -0.25) is 14.4 Å². The van der Waals surface area contributed by atoms with E-state index in [4.69, 9.17) is 4.74 Å². The van der Waals surface area contributed by atoms with Gasteiger partial charge in [0.05, 0.1) is 17.0 Å². The predicted molar refractivity (Wildman–Crippen MR) is 122 cm³/mol. The average Bonchev–Trinajstić information content (AvgIpc) is 2.95. The van der Waals surface area contributed by atoms with E-state index < -0.39 is 39.4 Å². The quantitative estimate of drug-likeness (QED) is 0.338. The van der Waals surface area contributed by atoms with Crippen molar-refractivity contribution in [1.82, 2.24) is 4.31 Å². The molecule has 1 saturated heterocycles. The van der Waals surface area contributed by atoms with E-state index in [1.165, 1.54) is 43.3 Å². The first kappa shape index (κ1) is 24.1. The summed E-state index contributed by atoms with van der Waals surface area (Å²) in [7, 11) is -4.09. The minimum atomic E-state index is -4.09. The molecule has 3 rings (SSSR count). The van der Waals surface area contributed by atoms with Crippen LogP contribution in [0.4, 0.5) is 5.69 Å². The number of carbonyl (C=O) groups excluding carboxylic acids is 3. The Bertz CT molecular complexity index is 1150. The Labute approximate surface area is 195 Å². The van der Waals surface area contributed by atoms with E-state index in [9.17, 15) is 22.8 Å². The maximum atomic E-state index is 13.5. The predicted octanol–water partition coefficient (Wildman–Crippen LogP) is 3.50. The van der Waals surface area contributed by atoms with Crippen LogP contribution in [0.3, 0.4) is 0 Å². The van der Waals surface area contributed by atoms with Crippen molar-refractivity contribution in [3.05, 3.63) is 53.0 Å². The van der Waals surface area contributed by atoms with Crippen LogP contribution >= 0.6 is 15.9 Å². The second kappa shape index (κ2) is 8.76. The number of esters is 1. The summed E-state index contributed by atoms with van der Waals surface area (Å²) in [4.78, 5) is 38.2. The molecule has 0 aliphatic carbocycles. The Morgan fingerprint density at radius 3 is 2.12 bits per heavy atom. The Morgan fingerprint density at radius 1 is 1.06 bits per heavy atom. The lowest BCUT2D eigenvalue weighted by atomic mass is 10.1. The van der Waals surface area contributed by atoms with Gasteiger partial charge in [0.2, 0.25) is 15.9 Å². The number of sulfonamides is 1. The van der Waals surface area contributed by atoms with Gasteiger partial charge in [0.25, 0.3) is 5.91 Å². The van der Waals surface area contributed by atoms with Crippen molar-refractivity contribution >= 4 is 49.4 Å². The fourth-order valence-corrected chi connectivity index (χ4v) is 5.81. The van der Waals surface area contributed by atoms with Gasteiger partial charge in [-0.1, -0.05) is 15.9 Å². The largest absolute Gasteiger partial charge is 0.427 e. The van der Waals surface area contributed by atoms with Gasteiger partial charge < -0.3 is 4.74 Å². The molecule has 8 nitrogen and oxygen atoms in total. The molecule has 0 aromatic heterocycles. The zero-order chi connectivity index (χ0) is 23.8. The van der Waals surface area contributed by atoms with Gasteiger partial charge in [-0.15, -0.1) is 0 Å². The third kappa shape index (κ3) is 4.77. The van der Waals surface area contributed by atoms with Gasteiger partial charge in [-0.2, -0.15) is 4.31 Å². The monoisotopic (exact) mass is 522 g/mol. The zero-order valence-electron chi connectivity index (χ0n) is 18.0. The lowest BCUT2D eigenvalue weighted by Crippen LogP contribution is -2.54. The molecule has 170 valence electrons. The topological polar surface area (TPSA) is 101 Å². The summed E-state index contributed by atoms with van der Waals surface area (Å²) in [5, 5.41) is 0. The van der Waals surface area contributed by atoms with Crippen LogP contribution in [0.1, 0.15) is 34.1 Å². The van der Waals surface area contributed by atoms with Crippen LogP contribution in [-0.4, -0.2) is 42.1 Å². The van der Waals surface area contributed by atoms with Crippen LogP contribution in [0.5, 0.6) is 5.75 Å². The molecule has 1 aliphatic heterocycles. The van der Waals surface area contributed by atoms with Crippen molar-refractivity contribution in [3.8, 4) is 5.75 Å². The number of halogens is 1. The van der Waals surface area contributed by atoms with Crippen molar-refractivity contribution < 1.29 is 27.5 Å². The number of amides is 2. The molecule has 1 aliphatic rings. The van der Waals surface area contributed by atoms with Crippen molar-refractivity contribution in [2.75, 3.05) is 4.90 Å². The van der Waals surface area contributed by atoms with Crippen molar-refractivity contribution in [1.29, 1.82) is 0 Å². The summed E-state index contributed by atoms with van der Waals surface area (Å²) < 4.78 is 33.8. The molecular weight excluding hydrogens is 500 g/mol. The molecule has 1 unspecified atom stereocenters. The summed E-state index contributed by atoms with van der Waals surface area (Å²) in [6, 6.07) is 10.8. The number of hydrogen-bond acceptors (Lipinski definition) is 6. The molecule has 1 heterocycles. The van der Waals surface area contributed by atoms with Gasteiger partial charge in [-0.05, 0) is 69.3 Å². The molecule has 0 spiro atoms. The molecule has 0 radical (unpaired) electrons. The van der Waals surface area contributed by atoms with E-state index in [-0.39, 0.29) is 22.8 Å². The highest BCUT2D eigenvalue weighted by molar-refractivity contribution is 9.10. The number of imide groups is 1. The highest BCUT2D eigenvalue weighted by Crippen LogP contribution is 2.34. The maximum Gasteiger partial charge on any atom is 0.308 e. The van der Waals surface area contributed by atoms with Gasteiger partial charge in [0.15, 0.2) is 0 Å². The fourth-order valence-electron chi connectivity index (χ4n) is 3.62. The Morgan fingerprint density at radius 2 is 1.62 bits per heavy atom. The van der Waals surface area contributed by atoms with Crippen LogP contribution in [0, 0.1) is 0 Å². The van der Waals surface area contributed by atoms with E-state index in [2.05, 4.69) is 15.9 Å². The van der Waals surface area contributed by atoms with Crippen molar-refractivity contribution in [2.45, 2.75) is 50.6 Å². The van der Waals surface area contributed by atoms with E-state index in [1.54, 1.807) is 32.9 Å². The highest BCUT2D eigenvalue weighted by Gasteiger charge is 2.50. The van der Waals surface area contributed by atoms with Crippen LogP contribution in [0.15, 0.2) is 57.9 Å². The molecule has 1 fully saturated rings. The molecule has 32 heavy (non-hydrogen) atoms. The number of anilines is 1. The summed E-state index contributed by atoms with van der Waals surface area (Å²) in [5.41, 5.74) is -0.699. The van der Waals surface area contributed by atoms with Gasteiger partial charge >= 0.3 is 5.97 Å². The Hall–Kier alpha value is -2.56. The smallest absolute Gasteiger partial charge is 0.308 e. The normalized spacial score (nSPS) is 17.2. The fraction of sp³-hybridized carbons (Fsp3) is 0.318. The van der Waals surface area contributed by atoms with E-state index in [0.717, 1.165) is 9.21 Å². The first-order chi connectivity index (χ1) is 14.8. The van der Waals surface area contributed by atoms with Crippen LogP contribution in [0.2, 0.25) is 0 Å². The van der Waals surface area contributed by atoms with Gasteiger partial charge in [0.1, 0.15) is 11.8 Å². The standard InChI is InChI=1S/C22H23BrN2O6S/c1-14(26)31-17-9-7-16(8-10-17)24-20(27)13-19(21(24)28)25(22(2,3)4)32(29,30)18-11-5-15(23)6-12-18/h5-12,19H,13H2,1-4H3. The highest BCUT2D eigenvalue weighted by atomic mass is 79.9. The second-order valence-corrected chi connectivity index (χ2v) is 11.0. The number of nitrogens with zero attached hydrogens (tertiary/aromatic N) is 2. The van der Waals surface area contributed by atoms with Gasteiger partial charge in [0, 0.05) is 16.9 Å². The number of carbonyl (C=O) groups is 3. The van der Waals surface area contributed by atoms with Crippen molar-refractivity contribution in [2.24, 2.45) is 0 Å². The van der Waals surface area contributed by atoms with Crippen molar-refractivity contribution in [3.63, 3.8) is 0 Å². The van der Waals surface area contributed by atoms with Crippen LogP contribution in [-0.2, 0) is 24.4 Å². The lowest BCUT2D eigenvalue weighted by Gasteiger charge is -2.37. The van der Waals surface area contributed by atoms with Gasteiger partial charge in [-0.25, -0.2) is 13.3 Å². The number of ether oxygens (including phenoxy) is 1. The summed E-state index contributed by atoms with van der Waals surface area (Å²) >= 11 is 3.28. The lowest BCUT2D eigenvalue weighted by molar-refractivity contribution is -0.132. The second-order valence-electron chi connectivity index (χ2n) is 8.30. The minimum absolute atomic E-state index is 0.0278. The number of benzene rings is 2. The summed E-state index contributed by atoms with van der Waals surface area (Å²) in [5.74, 6) is -1.37. The molecule has 0 bridgehead atoms. The average molecular weight is 523 g/mol. The molecule has 2 aromatic rings. The maximum absolute atomic E-state index is 13.5. The van der Waals surface area contributed by atoms with Crippen LogP contribution < -0.4 is 9.64 Å².